The topological polar surface area (TPSA) is 72.2 Å². The summed E-state index contributed by atoms with van der Waals surface area (Å²) in [6.07, 6.45) is 4.30. The largest absolute Gasteiger partial charge is 0.478 e. The molecule has 0 aliphatic heterocycles. The van der Waals surface area contributed by atoms with Crippen LogP contribution in [-0.4, -0.2) is 26.4 Å². The third-order valence-corrected chi connectivity index (χ3v) is 4.56. The maximum atomic E-state index is 13.1. The van der Waals surface area contributed by atoms with Gasteiger partial charge in [0.15, 0.2) is 5.16 Å². The first-order valence-corrected chi connectivity index (χ1v) is 8.85. The summed E-state index contributed by atoms with van der Waals surface area (Å²) < 4.78 is 1.55. The third-order valence-electron chi connectivity index (χ3n) is 3.62. The molecule has 130 valence electrons. The molecule has 3 aromatic rings. The average molecular weight is 364 g/mol. The highest BCUT2D eigenvalue weighted by atomic mass is 32.2. The summed E-state index contributed by atoms with van der Waals surface area (Å²) in [6, 6.07) is 14.3. The number of para-hydroxylation sites is 1. The van der Waals surface area contributed by atoms with E-state index in [9.17, 15) is 9.59 Å². The first kappa shape index (κ1) is 17.7. The van der Waals surface area contributed by atoms with E-state index in [-0.39, 0.29) is 5.56 Å². The molecular formula is C20H16N2O3S. The van der Waals surface area contributed by atoms with Gasteiger partial charge >= 0.3 is 5.97 Å². The number of fused-ring (bicyclic) bond motifs is 1. The van der Waals surface area contributed by atoms with E-state index in [1.807, 2.05) is 12.1 Å². The fourth-order valence-corrected chi connectivity index (χ4v) is 3.25. The second-order valence-corrected chi connectivity index (χ2v) is 6.41. The number of hydrogen-bond donors (Lipinski definition) is 1. The zero-order valence-electron chi connectivity index (χ0n) is 13.8. The quantitative estimate of drug-likeness (QED) is 0.312. The highest BCUT2D eigenvalue weighted by Crippen LogP contribution is 2.22. The Hall–Kier alpha value is -3.12. The molecule has 0 saturated heterocycles. The molecule has 0 aliphatic rings. The van der Waals surface area contributed by atoms with E-state index in [2.05, 4.69) is 11.6 Å². The van der Waals surface area contributed by atoms with E-state index in [0.717, 1.165) is 6.08 Å². The zero-order valence-corrected chi connectivity index (χ0v) is 14.6. The zero-order chi connectivity index (χ0) is 18.5. The molecule has 0 radical (unpaired) electrons. The maximum Gasteiger partial charge on any atom is 0.328 e. The van der Waals surface area contributed by atoms with E-state index in [0.29, 0.717) is 33.1 Å². The Balaban J connectivity index is 2.21. The Morgan fingerprint density at radius 2 is 2.04 bits per heavy atom. The molecule has 1 heterocycles. The molecule has 2 aromatic carbocycles. The van der Waals surface area contributed by atoms with E-state index in [1.165, 1.54) is 17.8 Å². The van der Waals surface area contributed by atoms with Gasteiger partial charge in [-0.05, 0) is 35.9 Å². The number of thioether (sulfide) groups is 1. The average Bonchev–Trinajstić information content (AvgIpc) is 2.65. The maximum absolute atomic E-state index is 13.1. The first-order valence-electron chi connectivity index (χ1n) is 7.87. The normalized spacial score (nSPS) is 11.1. The van der Waals surface area contributed by atoms with Gasteiger partial charge in [0.05, 0.1) is 16.6 Å². The van der Waals surface area contributed by atoms with Gasteiger partial charge in [-0.2, -0.15) is 0 Å². The molecule has 0 aliphatic carbocycles. The molecule has 0 bridgehead atoms. The van der Waals surface area contributed by atoms with Crippen LogP contribution in [0.2, 0.25) is 0 Å². The minimum absolute atomic E-state index is 0.165. The van der Waals surface area contributed by atoms with Gasteiger partial charge in [-0.15, -0.1) is 6.58 Å². The minimum Gasteiger partial charge on any atom is -0.478 e. The molecule has 0 saturated carbocycles. The minimum atomic E-state index is -1.03. The van der Waals surface area contributed by atoms with Gasteiger partial charge in [-0.1, -0.05) is 42.1 Å². The monoisotopic (exact) mass is 364 g/mol. The summed E-state index contributed by atoms with van der Waals surface area (Å²) in [6.45, 7) is 3.72. The van der Waals surface area contributed by atoms with Crippen LogP contribution in [0.4, 0.5) is 0 Å². The second-order valence-electron chi connectivity index (χ2n) is 5.42. The standard InChI is InChI=1S/C20H16N2O3S/c1-2-12-26-20-21-17-9-4-3-8-16(17)19(25)22(20)15-7-5-6-14(13-15)10-11-18(23)24/h2-11,13H,1,12H2,(H,23,24)/b11-10+. The Labute approximate surface area is 154 Å². The number of rotatable bonds is 6. The van der Waals surface area contributed by atoms with Crippen molar-refractivity contribution in [2.24, 2.45) is 0 Å². The Kier molecular flexibility index (Phi) is 5.34. The second kappa shape index (κ2) is 7.84. The number of carboxylic acids is 1. The molecule has 3 rings (SSSR count). The Bertz CT molecular complexity index is 1070. The lowest BCUT2D eigenvalue weighted by Crippen LogP contribution is -2.21. The van der Waals surface area contributed by atoms with Gasteiger partial charge in [-0.3, -0.25) is 9.36 Å². The van der Waals surface area contributed by atoms with Crippen molar-refractivity contribution in [2.45, 2.75) is 5.16 Å². The van der Waals surface area contributed by atoms with E-state index < -0.39 is 5.97 Å². The van der Waals surface area contributed by atoms with Crippen LogP contribution in [0.15, 0.2) is 77.2 Å². The number of carbonyl (C=O) groups is 1. The number of carboxylic acid groups (broad SMARTS) is 1. The van der Waals surface area contributed by atoms with Crippen LogP contribution in [0.1, 0.15) is 5.56 Å². The lowest BCUT2D eigenvalue weighted by molar-refractivity contribution is -0.131. The van der Waals surface area contributed by atoms with Crippen LogP contribution < -0.4 is 5.56 Å². The highest BCUT2D eigenvalue weighted by molar-refractivity contribution is 7.99. The summed E-state index contributed by atoms with van der Waals surface area (Å²) in [7, 11) is 0. The fourth-order valence-electron chi connectivity index (χ4n) is 2.51. The van der Waals surface area contributed by atoms with Crippen molar-refractivity contribution in [3.63, 3.8) is 0 Å². The number of hydrogen-bond acceptors (Lipinski definition) is 4. The van der Waals surface area contributed by atoms with Crippen LogP contribution in [0, 0.1) is 0 Å². The van der Waals surface area contributed by atoms with Crippen molar-refractivity contribution >= 4 is 34.7 Å². The number of aliphatic carboxylic acids is 1. The summed E-state index contributed by atoms with van der Waals surface area (Å²) >= 11 is 1.42. The van der Waals surface area contributed by atoms with Gasteiger partial charge < -0.3 is 5.11 Å². The van der Waals surface area contributed by atoms with Gasteiger partial charge in [0, 0.05) is 11.8 Å². The molecule has 0 spiro atoms. The van der Waals surface area contributed by atoms with Crippen LogP contribution in [0.3, 0.4) is 0 Å². The van der Waals surface area contributed by atoms with Crippen LogP contribution in [0.25, 0.3) is 22.7 Å². The molecule has 1 aromatic heterocycles. The van der Waals surface area contributed by atoms with Crippen molar-refractivity contribution in [3.8, 4) is 5.69 Å². The highest BCUT2D eigenvalue weighted by Gasteiger charge is 2.13. The van der Waals surface area contributed by atoms with Crippen molar-refractivity contribution in [2.75, 3.05) is 5.75 Å². The van der Waals surface area contributed by atoms with Gasteiger partial charge in [0.2, 0.25) is 0 Å². The fraction of sp³-hybridized carbons (Fsp3) is 0.0500. The van der Waals surface area contributed by atoms with E-state index in [4.69, 9.17) is 5.11 Å². The lowest BCUT2D eigenvalue weighted by Gasteiger charge is -2.13. The van der Waals surface area contributed by atoms with Crippen LogP contribution >= 0.6 is 11.8 Å². The summed E-state index contributed by atoms with van der Waals surface area (Å²) in [5, 5.41) is 9.89. The molecule has 0 unspecified atom stereocenters. The van der Waals surface area contributed by atoms with E-state index >= 15 is 0 Å². The van der Waals surface area contributed by atoms with Crippen molar-refractivity contribution < 1.29 is 9.90 Å². The molecule has 6 heteroatoms. The van der Waals surface area contributed by atoms with Crippen LogP contribution in [-0.2, 0) is 4.79 Å². The number of aromatic nitrogens is 2. The first-order chi connectivity index (χ1) is 12.6. The van der Waals surface area contributed by atoms with Gasteiger partial charge in [0.25, 0.3) is 5.56 Å². The molecular weight excluding hydrogens is 348 g/mol. The predicted molar refractivity (Wildman–Crippen MR) is 105 cm³/mol. The third kappa shape index (κ3) is 3.75. The molecule has 0 fully saturated rings. The number of benzene rings is 2. The van der Waals surface area contributed by atoms with Gasteiger partial charge in [0.1, 0.15) is 0 Å². The smallest absolute Gasteiger partial charge is 0.328 e. The van der Waals surface area contributed by atoms with Gasteiger partial charge in [-0.25, -0.2) is 9.78 Å². The molecule has 1 N–H and O–H groups in total. The SMILES string of the molecule is C=CCSc1nc2ccccc2c(=O)n1-c1cccc(/C=C/C(=O)O)c1. The lowest BCUT2D eigenvalue weighted by atomic mass is 10.2. The van der Waals surface area contributed by atoms with Crippen LogP contribution in [0.5, 0.6) is 0 Å². The Morgan fingerprint density at radius 3 is 2.81 bits per heavy atom. The molecule has 26 heavy (non-hydrogen) atoms. The summed E-state index contributed by atoms with van der Waals surface area (Å²) in [5.74, 6) is -0.411. The number of nitrogens with zero attached hydrogens (tertiary/aromatic N) is 2. The summed E-state index contributed by atoms with van der Waals surface area (Å²) in [4.78, 5) is 28.4. The summed E-state index contributed by atoms with van der Waals surface area (Å²) in [5.41, 5.74) is 1.79. The molecule has 0 amide bonds. The molecule has 5 nitrogen and oxygen atoms in total. The molecule has 0 atom stereocenters. The van der Waals surface area contributed by atoms with Crippen molar-refractivity contribution in [1.29, 1.82) is 0 Å². The van der Waals surface area contributed by atoms with E-state index in [1.54, 1.807) is 47.0 Å². The van der Waals surface area contributed by atoms with Crippen molar-refractivity contribution in [3.05, 3.63) is 83.2 Å². The predicted octanol–water partition coefficient (Wildman–Crippen LogP) is 3.76. The Morgan fingerprint density at radius 1 is 1.23 bits per heavy atom. The van der Waals surface area contributed by atoms with Crippen molar-refractivity contribution in [1.82, 2.24) is 9.55 Å².